The minimum Gasteiger partial charge on any atom is -0.497 e. The van der Waals surface area contributed by atoms with Crippen molar-refractivity contribution in [3.05, 3.63) is 65.3 Å². The molecule has 2 aromatic carbocycles. The van der Waals surface area contributed by atoms with E-state index in [1.807, 2.05) is 24.3 Å². The highest BCUT2D eigenvalue weighted by Crippen LogP contribution is 2.19. The number of carbonyl (C=O) groups is 2. The van der Waals surface area contributed by atoms with Crippen LogP contribution in [0.2, 0.25) is 5.15 Å². The van der Waals surface area contributed by atoms with Gasteiger partial charge in [-0.2, -0.15) is 5.10 Å². The summed E-state index contributed by atoms with van der Waals surface area (Å²) < 4.78 is 5.03. The molecular weight excluding hydrogens is 368 g/mol. The number of aromatic nitrogens is 1. The number of methoxy groups -OCH3 is 1. The number of hydrogen-bond donors (Lipinski definition) is 2. The average molecular weight is 383 g/mol. The molecular formula is C19H15ClN4O3. The minimum absolute atomic E-state index is 0.245. The molecule has 0 saturated heterocycles. The van der Waals surface area contributed by atoms with E-state index in [4.69, 9.17) is 16.3 Å². The summed E-state index contributed by atoms with van der Waals surface area (Å²) in [6.45, 7) is 0. The normalized spacial score (nSPS) is 10.7. The van der Waals surface area contributed by atoms with Gasteiger partial charge in [-0.15, -0.1) is 0 Å². The van der Waals surface area contributed by atoms with Crippen LogP contribution in [-0.2, 0) is 9.59 Å². The Morgan fingerprint density at radius 2 is 1.85 bits per heavy atom. The zero-order valence-electron chi connectivity index (χ0n) is 14.3. The SMILES string of the molecule is COc1ccc(NC(=O)C(=O)N/N=C\c2cc3ccccc3nc2Cl)cc1. The topological polar surface area (TPSA) is 92.7 Å². The number of para-hydroxylation sites is 1. The van der Waals surface area contributed by atoms with Crippen molar-refractivity contribution < 1.29 is 14.3 Å². The molecule has 2 amide bonds. The number of benzene rings is 2. The molecule has 3 aromatic rings. The van der Waals surface area contributed by atoms with Crippen LogP contribution in [0.3, 0.4) is 0 Å². The predicted octanol–water partition coefficient (Wildman–Crippen LogP) is 2.99. The number of amides is 2. The van der Waals surface area contributed by atoms with E-state index in [9.17, 15) is 9.59 Å². The molecule has 2 N–H and O–H groups in total. The molecule has 0 aliphatic heterocycles. The Morgan fingerprint density at radius 1 is 1.11 bits per heavy atom. The van der Waals surface area contributed by atoms with Crippen molar-refractivity contribution in [2.75, 3.05) is 12.4 Å². The summed E-state index contributed by atoms with van der Waals surface area (Å²) >= 11 is 6.11. The van der Waals surface area contributed by atoms with Crippen LogP contribution in [0.1, 0.15) is 5.56 Å². The molecule has 7 nitrogen and oxygen atoms in total. The molecule has 0 radical (unpaired) electrons. The summed E-state index contributed by atoms with van der Waals surface area (Å²) in [6.07, 6.45) is 1.33. The second-order valence-electron chi connectivity index (χ2n) is 5.44. The van der Waals surface area contributed by atoms with Crippen molar-refractivity contribution in [1.82, 2.24) is 10.4 Å². The van der Waals surface area contributed by atoms with Crippen molar-refractivity contribution in [2.45, 2.75) is 0 Å². The van der Waals surface area contributed by atoms with E-state index in [1.165, 1.54) is 13.3 Å². The quantitative estimate of drug-likeness (QED) is 0.314. The molecule has 1 heterocycles. The van der Waals surface area contributed by atoms with Gasteiger partial charge in [0.2, 0.25) is 0 Å². The molecule has 8 heteroatoms. The van der Waals surface area contributed by atoms with Crippen LogP contribution in [0.5, 0.6) is 5.75 Å². The summed E-state index contributed by atoms with van der Waals surface area (Å²) in [5.41, 5.74) is 3.89. The molecule has 0 saturated carbocycles. The summed E-state index contributed by atoms with van der Waals surface area (Å²) in [6, 6.07) is 15.8. The van der Waals surface area contributed by atoms with Gasteiger partial charge >= 0.3 is 11.8 Å². The van der Waals surface area contributed by atoms with E-state index in [0.717, 1.165) is 10.9 Å². The standard InChI is InChI=1S/C19H15ClN4O3/c1-27-15-8-6-14(7-9-15)22-18(25)19(26)24-21-11-13-10-12-4-2-3-5-16(12)23-17(13)20/h2-11H,1H3,(H,22,25)(H,24,26)/b21-11-. The van der Waals surface area contributed by atoms with E-state index in [0.29, 0.717) is 17.0 Å². The lowest BCUT2D eigenvalue weighted by molar-refractivity contribution is -0.136. The molecule has 0 bridgehead atoms. The Bertz CT molecular complexity index is 1020. The van der Waals surface area contributed by atoms with Gasteiger partial charge in [0.25, 0.3) is 0 Å². The Labute approximate surface area is 160 Å². The van der Waals surface area contributed by atoms with Crippen molar-refractivity contribution in [3.8, 4) is 5.75 Å². The summed E-state index contributed by atoms with van der Waals surface area (Å²) in [4.78, 5) is 28.0. The zero-order valence-corrected chi connectivity index (χ0v) is 15.0. The van der Waals surface area contributed by atoms with Gasteiger partial charge in [0.05, 0.1) is 18.8 Å². The third kappa shape index (κ3) is 4.59. The van der Waals surface area contributed by atoms with E-state index in [-0.39, 0.29) is 5.15 Å². The Kier molecular flexibility index (Phi) is 5.63. The molecule has 1 aromatic heterocycles. The number of hydrogen-bond acceptors (Lipinski definition) is 5. The van der Waals surface area contributed by atoms with Crippen LogP contribution in [0.4, 0.5) is 5.69 Å². The van der Waals surface area contributed by atoms with Gasteiger partial charge in [0, 0.05) is 16.6 Å². The minimum atomic E-state index is -0.910. The number of nitrogens with one attached hydrogen (secondary N) is 2. The molecule has 0 aliphatic carbocycles. The van der Waals surface area contributed by atoms with E-state index >= 15 is 0 Å². The largest absolute Gasteiger partial charge is 0.497 e. The van der Waals surface area contributed by atoms with Gasteiger partial charge in [0.1, 0.15) is 10.9 Å². The lowest BCUT2D eigenvalue weighted by Crippen LogP contribution is -2.32. The maximum Gasteiger partial charge on any atom is 0.329 e. The molecule has 3 rings (SSSR count). The predicted molar refractivity (Wildman–Crippen MR) is 104 cm³/mol. The first-order chi connectivity index (χ1) is 13.1. The highest BCUT2D eigenvalue weighted by atomic mass is 35.5. The molecule has 0 fully saturated rings. The van der Waals surface area contributed by atoms with Crippen molar-refractivity contribution >= 4 is 46.2 Å². The summed E-state index contributed by atoms with van der Waals surface area (Å²) in [7, 11) is 1.54. The first-order valence-electron chi connectivity index (χ1n) is 7.90. The number of pyridine rings is 1. The van der Waals surface area contributed by atoms with Crippen molar-refractivity contribution in [2.24, 2.45) is 5.10 Å². The number of nitrogens with zero attached hydrogens (tertiary/aromatic N) is 2. The molecule has 0 atom stereocenters. The number of halogens is 1. The zero-order chi connectivity index (χ0) is 19.2. The third-order valence-electron chi connectivity index (χ3n) is 3.63. The van der Waals surface area contributed by atoms with Gasteiger partial charge in [-0.05, 0) is 36.4 Å². The van der Waals surface area contributed by atoms with Crippen molar-refractivity contribution in [1.29, 1.82) is 0 Å². The second-order valence-corrected chi connectivity index (χ2v) is 5.80. The number of hydrazone groups is 1. The average Bonchev–Trinajstić information content (AvgIpc) is 2.68. The molecule has 0 aliphatic rings. The van der Waals surface area contributed by atoms with E-state index in [2.05, 4.69) is 20.8 Å². The first-order valence-corrected chi connectivity index (χ1v) is 8.28. The molecule has 0 unspecified atom stereocenters. The van der Waals surface area contributed by atoms with E-state index < -0.39 is 11.8 Å². The maximum absolute atomic E-state index is 11.9. The van der Waals surface area contributed by atoms with Gasteiger partial charge in [-0.3, -0.25) is 9.59 Å². The third-order valence-corrected chi connectivity index (χ3v) is 3.93. The number of ether oxygens (including phenoxy) is 1. The van der Waals surface area contributed by atoms with Gasteiger partial charge in [-0.1, -0.05) is 29.8 Å². The highest BCUT2D eigenvalue weighted by molar-refractivity contribution is 6.39. The second kappa shape index (κ2) is 8.29. The number of rotatable bonds is 4. The lowest BCUT2D eigenvalue weighted by atomic mass is 10.2. The highest BCUT2D eigenvalue weighted by Gasteiger charge is 2.13. The van der Waals surface area contributed by atoms with Gasteiger partial charge in [0.15, 0.2) is 0 Å². The molecule has 27 heavy (non-hydrogen) atoms. The Morgan fingerprint density at radius 3 is 2.59 bits per heavy atom. The van der Waals surface area contributed by atoms with Crippen LogP contribution < -0.4 is 15.5 Å². The van der Waals surface area contributed by atoms with Gasteiger partial charge < -0.3 is 10.1 Å². The number of carbonyl (C=O) groups excluding carboxylic acids is 2. The molecule has 136 valence electrons. The van der Waals surface area contributed by atoms with Crippen LogP contribution >= 0.6 is 11.6 Å². The number of fused-ring (bicyclic) bond motifs is 1. The number of anilines is 1. The fourth-order valence-electron chi connectivity index (χ4n) is 2.27. The Balaban J connectivity index is 1.62. The molecule has 0 spiro atoms. The fraction of sp³-hybridized carbons (Fsp3) is 0.0526. The van der Waals surface area contributed by atoms with Gasteiger partial charge in [-0.25, -0.2) is 10.4 Å². The van der Waals surface area contributed by atoms with Crippen LogP contribution in [0.25, 0.3) is 10.9 Å². The summed E-state index contributed by atoms with van der Waals surface area (Å²) in [5.74, 6) is -1.12. The Hall–Kier alpha value is -3.45. The maximum atomic E-state index is 11.9. The van der Waals surface area contributed by atoms with Crippen LogP contribution in [0.15, 0.2) is 59.7 Å². The fourth-order valence-corrected chi connectivity index (χ4v) is 2.47. The smallest absolute Gasteiger partial charge is 0.329 e. The van der Waals surface area contributed by atoms with E-state index in [1.54, 1.807) is 30.3 Å². The van der Waals surface area contributed by atoms with Crippen LogP contribution in [-0.4, -0.2) is 30.1 Å². The monoisotopic (exact) mass is 382 g/mol. The first kappa shape index (κ1) is 18.3. The van der Waals surface area contributed by atoms with Crippen molar-refractivity contribution in [3.63, 3.8) is 0 Å². The van der Waals surface area contributed by atoms with Crippen LogP contribution in [0, 0.1) is 0 Å². The lowest BCUT2D eigenvalue weighted by Gasteiger charge is -2.05. The summed E-state index contributed by atoms with van der Waals surface area (Å²) in [5, 5.41) is 7.35.